The molecular weight excluding hydrogens is 380 g/mol. The van der Waals surface area contributed by atoms with Gasteiger partial charge in [0.15, 0.2) is 0 Å². The number of amides is 1. The third kappa shape index (κ3) is 4.52. The molecule has 0 saturated carbocycles. The minimum absolute atomic E-state index is 0. The number of carboxylic acids is 1. The number of benzene rings is 2. The second kappa shape index (κ2) is 9.39. The SMILES string of the molecule is COC1=C(c2ccc(CCC(=O)O)cc2)C(=O)N(c2ccc(CN)cc2)C1.Cl. The highest BCUT2D eigenvalue weighted by molar-refractivity contribution is 6.29. The zero-order chi connectivity index (χ0) is 19.4. The maximum atomic E-state index is 13.0. The van der Waals surface area contributed by atoms with Crippen LogP contribution in [0.4, 0.5) is 5.69 Å². The summed E-state index contributed by atoms with van der Waals surface area (Å²) in [4.78, 5) is 25.4. The van der Waals surface area contributed by atoms with Gasteiger partial charge in [-0.25, -0.2) is 0 Å². The van der Waals surface area contributed by atoms with Gasteiger partial charge in [-0.2, -0.15) is 0 Å². The molecule has 1 aliphatic heterocycles. The maximum Gasteiger partial charge on any atom is 0.303 e. The summed E-state index contributed by atoms with van der Waals surface area (Å²) in [7, 11) is 1.56. The van der Waals surface area contributed by atoms with Gasteiger partial charge < -0.3 is 20.5 Å². The second-order valence-electron chi connectivity index (χ2n) is 6.35. The van der Waals surface area contributed by atoms with Crippen molar-refractivity contribution in [1.82, 2.24) is 0 Å². The molecule has 2 aromatic carbocycles. The Bertz CT molecular complexity index is 876. The Labute approximate surface area is 170 Å². The van der Waals surface area contributed by atoms with Gasteiger partial charge in [0.05, 0.1) is 19.2 Å². The smallest absolute Gasteiger partial charge is 0.303 e. The van der Waals surface area contributed by atoms with Crippen molar-refractivity contribution in [2.75, 3.05) is 18.6 Å². The summed E-state index contributed by atoms with van der Waals surface area (Å²) < 4.78 is 5.47. The van der Waals surface area contributed by atoms with E-state index in [0.29, 0.717) is 30.8 Å². The molecule has 7 heteroatoms. The predicted molar refractivity (Wildman–Crippen MR) is 110 cm³/mol. The molecule has 0 aromatic heterocycles. The molecule has 0 fully saturated rings. The van der Waals surface area contributed by atoms with Crippen LogP contribution in [0.25, 0.3) is 5.57 Å². The first-order valence-corrected chi connectivity index (χ1v) is 8.72. The third-order valence-electron chi connectivity index (χ3n) is 4.64. The van der Waals surface area contributed by atoms with Crippen LogP contribution in [0.15, 0.2) is 54.3 Å². The number of carbonyl (C=O) groups is 2. The lowest BCUT2D eigenvalue weighted by Gasteiger charge is -2.17. The Morgan fingerprint density at radius 1 is 1.11 bits per heavy atom. The molecule has 148 valence electrons. The Kier molecular flexibility index (Phi) is 7.20. The van der Waals surface area contributed by atoms with Crippen LogP contribution >= 0.6 is 12.4 Å². The highest BCUT2D eigenvalue weighted by Crippen LogP contribution is 2.32. The van der Waals surface area contributed by atoms with E-state index >= 15 is 0 Å². The number of methoxy groups -OCH3 is 1. The van der Waals surface area contributed by atoms with Crippen LogP contribution in [0.2, 0.25) is 0 Å². The number of ether oxygens (including phenoxy) is 1. The number of hydrogen-bond acceptors (Lipinski definition) is 4. The van der Waals surface area contributed by atoms with Crippen LogP contribution < -0.4 is 10.6 Å². The summed E-state index contributed by atoms with van der Waals surface area (Å²) in [6.45, 7) is 0.822. The topological polar surface area (TPSA) is 92.9 Å². The lowest BCUT2D eigenvalue weighted by Crippen LogP contribution is -2.26. The van der Waals surface area contributed by atoms with Crippen LogP contribution in [-0.2, 0) is 27.3 Å². The van der Waals surface area contributed by atoms with E-state index in [1.54, 1.807) is 12.0 Å². The van der Waals surface area contributed by atoms with Gasteiger partial charge in [0.1, 0.15) is 5.76 Å². The molecule has 3 N–H and O–H groups in total. The molecule has 6 nitrogen and oxygen atoms in total. The lowest BCUT2D eigenvalue weighted by molar-refractivity contribution is -0.137. The number of halogens is 1. The standard InChI is InChI=1S/C21H22N2O4.ClH/c1-27-18-13-23(17-9-4-15(12-22)5-10-17)21(26)20(18)16-7-2-14(3-8-16)6-11-19(24)25;/h2-5,7-10H,6,11-13,22H2,1H3,(H,24,25);1H. The van der Waals surface area contributed by atoms with Crippen molar-refractivity contribution in [3.8, 4) is 0 Å². The van der Waals surface area contributed by atoms with E-state index in [2.05, 4.69) is 0 Å². The van der Waals surface area contributed by atoms with E-state index in [-0.39, 0.29) is 24.7 Å². The average molecular weight is 403 g/mol. The molecule has 0 spiro atoms. The number of nitrogens with zero attached hydrogens (tertiary/aromatic N) is 1. The summed E-state index contributed by atoms with van der Waals surface area (Å²) in [5.74, 6) is -0.336. The third-order valence-corrected chi connectivity index (χ3v) is 4.64. The Balaban J connectivity index is 0.00000280. The fraction of sp³-hybridized carbons (Fsp3) is 0.238. The molecule has 2 aromatic rings. The number of carboxylic acid groups (broad SMARTS) is 1. The average Bonchev–Trinajstić information content (AvgIpc) is 3.03. The predicted octanol–water partition coefficient (Wildman–Crippen LogP) is 2.99. The molecule has 1 amide bonds. The monoisotopic (exact) mass is 402 g/mol. The van der Waals surface area contributed by atoms with Gasteiger partial charge in [-0.3, -0.25) is 9.59 Å². The van der Waals surface area contributed by atoms with Crippen LogP contribution in [0.1, 0.15) is 23.1 Å². The quantitative estimate of drug-likeness (QED) is 0.742. The zero-order valence-corrected chi connectivity index (χ0v) is 16.4. The van der Waals surface area contributed by atoms with E-state index in [1.807, 2.05) is 48.5 Å². The Hall–Kier alpha value is -2.83. The van der Waals surface area contributed by atoms with Gasteiger partial charge in [-0.1, -0.05) is 36.4 Å². The van der Waals surface area contributed by atoms with Gasteiger partial charge in [-0.05, 0) is 35.2 Å². The lowest BCUT2D eigenvalue weighted by atomic mass is 10.0. The van der Waals surface area contributed by atoms with Gasteiger partial charge in [-0.15, -0.1) is 12.4 Å². The summed E-state index contributed by atoms with van der Waals surface area (Å²) in [6, 6.07) is 15.0. The number of hydrogen-bond donors (Lipinski definition) is 2. The molecule has 0 atom stereocenters. The first-order valence-electron chi connectivity index (χ1n) is 8.72. The summed E-state index contributed by atoms with van der Waals surface area (Å²) in [6.07, 6.45) is 0.538. The second-order valence-corrected chi connectivity index (χ2v) is 6.35. The van der Waals surface area contributed by atoms with Crippen molar-refractivity contribution < 1.29 is 19.4 Å². The van der Waals surface area contributed by atoms with Crippen molar-refractivity contribution in [1.29, 1.82) is 0 Å². The van der Waals surface area contributed by atoms with Crippen molar-refractivity contribution in [3.63, 3.8) is 0 Å². The summed E-state index contributed by atoms with van der Waals surface area (Å²) in [5, 5.41) is 8.79. The largest absolute Gasteiger partial charge is 0.498 e. The van der Waals surface area contributed by atoms with Crippen molar-refractivity contribution in [2.45, 2.75) is 19.4 Å². The Morgan fingerprint density at radius 2 is 1.71 bits per heavy atom. The van der Waals surface area contributed by atoms with E-state index in [1.165, 1.54) is 0 Å². The molecule has 0 unspecified atom stereocenters. The van der Waals surface area contributed by atoms with E-state index in [4.69, 9.17) is 15.6 Å². The number of rotatable bonds is 7. The molecule has 0 bridgehead atoms. The molecule has 28 heavy (non-hydrogen) atoms. The summed E-state index contributed by atoms with van der Waals surface area (Å²) >= 11 is 0. The van der Waals surface area contributed by atoms with Crippen LogP contribution in [0.5, 0.6) is 0 Å². The van der Waals surface area contributed by atoms with Crippen molar-refractivity contribution in [3.05, 3.63) is 71.0 Å². The Morgan fingerprint density at radius 3 is 2.25 bits per heavy atom. The summed E-state index contributed by atoms with van der Waals surface area (Å²) in [5.41, 5.74) is 9.64. The van der Waals surface area contributed by atoms with E-state index < -0.39 is 5.97 Å². The molecule has 1 heterocycles. The van der Waals surface area contributed by atoms with Crippen LogP contribution in [0, 0.1) is 0 Å². The first kappa shape index (κ1) is 21.5. The minimum Gasteiger partial charge on any atom is -0.498 e. The molecular formula is C21H23ClN2O4. The van der Waals surface area contributed by atoms with Gasteiger partial charge in [0.2, 0.25) is 0 Å². The van der Waals surface area contributed by atoms with Gasteiger partial charge in [0.25, 0.3) is 5.91 Å². The number of aryl methyl sites for hydroxylation is 1. The maximum absolute atomic E-state index is 13.0. The van der Waals surface area contributed by atoms with Gasteiger partial charge >= 0.3 is 5.97 Å². The molecule has 0 saturated heterocycles. The highest BCUT2D eigenvalue weighted by atomic mass is 35.5. The van der Waals surface area contributed by atoms with Crippen molar-refractivity contribution in [2.24, 2.45) is 5.73 Å². The zero-order valence-electron chi connectivity index (χ0n) is 15.6. The minimum atomic E-state index is -0.828. The first-order chi connectivity index (χ1) is 13.0. The molecule has 0 aliphatic carbocycles. The van der Waals surface area contributed by atoms with Gasteiger partial charge in [0, 0.05) is 18.7 Å². The highest BCUT2D eigenvalue weighted by Gasteiger charge is 2.33. The molecule has 1 aliphatic rings. The number of carbonyl (C=O) groups excluding carboxylic acids is 1. The molecule has 3 rings (SSSR count). The van der Waals surface area contributed by atoms with Crippen LogP contribution in [-0.4, -0.2) is 30.6 Å². The van der Waals surface area contributed by atoms with Crippen LogP contribution in [0.3, 0.4) is 0 Å². The van der Waals surface area contributed by atoms with Crippen molar-refractivity contribution >= 4 is 35.5 Å². The fourth-order valence-corrected chi connectivity index (χ4v) is 3.11. The fourth-order valence-electron chi connectivity index (χ4n) is 3.11. The van der Waals surface area contributed by atoms with E-state index in [9.17, 15) is 9.59 Å². The number of nitrogens with two attached hydrogens (primary N) is 1. The molecule has 0 radical (unpaired) electrons. The number of aliphatic carboxylic acids is 1. The normalized spacial score (nSPS) is 13.5. The number of anilines is 1. The van der Waals surface area contributed by atoms with E-state index in [0.717, 1.165) is 22.4 Å².